The second-order valence-corrected chi connectivity index (χ2v) is 8.89. The predicted octanol–water partition coefficient (Wildman–Crippen LogP) is 3.39. The highest BCUT2D eigenvalue weighted by atomic mass is 35.5. The van der Waals surface area contributed by atoms with E-state index in [1.807, 2.05) is 0 Å². The Morgan fingerprint density at radius 1 is 1.10 bits per heavy atom. The molecule has 3 rings (SSSR count). The quantitative estimate of drug-likeness (QED) is 0.532. The highest BCUT2D eigenvalue weighted by Crippen LogP contribution is 2.20. The number of halogens is 1. The van der Waals surface area contributed by atoms with Gasteiger partial charge in [-0.05, 0) is 47.8 Å². The van der Waals surface area contributed by atoms with Crippen molar-refractivity contribution in [2.45, 2.75) is 4.21 Å². The normalized spacial score (nSPS) is 10.9. The second kappa shape index (κ2) is 9.03. The molecule has 0 atom stereocenters. The molecule has 0 saturated heterocycles. The molecule has 0 spiro atoms. The molecule has 8 nitrogen and oxygen atoms in total. The van der Waals surface area contributed by atoms with E-state index in [0.717, 1.165) is 11.3 Å². The molecule has 0 aliphatic heterocycles. The second-order valence-electron chi connectivity index (χ2n) is 5.60. The Hall–Kier alpha value is -2.95. The maximum absolute atomic E-state index is 12.2. The average molecular weight is 452 g/mol. The molecule has 1 amide bonds. The van der Waals surface area contributed by atoms with E-state index in [9.17, 15) is 18.0 Å². The van der Waals surface area contributed by atoms with E-state index in [2.05, 4.69) is 15.0 Å². The number of hydrogen-bond acceptors (Lipinski definition) is 7. The van der Waals surface area contributed by atoms with Crippen LogP contribution in [0.25, 0.3) is 0 Å². The van der Waals surface area contributed by atoms with E-state index >= 15 is 0 Å². The Labute approximate surface area is 175 Å². The van der Waals surface area contributed by atoms with Crippen LogP contribution >= 0.6 is 22.9 Å². The number of aromatic nitrogens is 1. The van der Waals surface area contributed by atoms with Gasteiger partial charge in [-0.15, -0.1) is 11.3 Å². The first kappa shape index (κ1) is 20.8. The molecule has 2 N–H and O–H groups in total. The average Bonchev–Trinajstić information content (AvgIpc) is 3.24. The first-order valence-corrected chi connectivity index (χ1v) is 10.8. The van der Waals surface area contributed by atoms with Gasteiger partial charge in [-0.1, -0.05) is 17.7 Å². The van der Waals surface area contributed by atoms with Crippen LogP contribution in [0.5, 0.6) is 0 Å². The van der Waals surface area contributed by atoms with E-state index in [1.54, 1.807) is 17.5 Å². The summed E-state index contributed by atoms with van der Waals surface area (Å²) in [4.78, 5) is 27.8. The highest BCUT2D eigenvalue weighted by molar-refractivity contribution is 7.94. The number of thiophene rings is 1. The maximum atomic E-state index is 12.2. The molecule has 11 heteroatoms. The third kappa shape index (κ3) is 5.76. The van der Waals surface area contributed by atoms with Crippen LogP contribution in [-0.4, -0.2) is 31.9 Å². The van der Waals surface area contributed by atoms with Crippen molar-refractivity contribution in [1.29, 1.82) is 0 Å². The van der Waals surface area contributed by atoms with Crippen LogP contribution in [0.3, 0.4) is 0 Å². The molecule has 0 unspecified atom stereocenters. The third-order valence-corrected chi connectivity index (χ3v) is 6.46. The van der Waals surface area contributed by atoms with E-state index in [-0.39, 0.29) is 15.6 Å². The minimum absolute atomic E-state index is 0.168. The summed E-state index contributed by atoms with van der Waals surface area (Å²) in [6, 6.07) is 11.8. The van der Waals surface area contributed by atoms with Crippen molar-refractivity contribution in [1.82, 2.24) is 4.98 Å². The zero-order valence-electron chi connectivity index (χ0n) is 14.7. The number of ether oxygens (including phenoxy) is 1. The van der Waals surface area contributed by atoms with Gasteiger partial charge in [0.05, 0.1) is 10.6 Å². The molecule has 3 aromatic rings. The lowest BCUT2D eigenvalue weighted by molar-refractivity contribution is -0.119. The number of anilines is 2. The van der Waals surface area contributed by atoms with Gasteiger partial charge in [0.25, 0.3) is 15.9 Å². The van der Waals surface area contributed by atoms with Crippen molar-refractivity contribution < 1.29 is 22.7 Å². The Morgan fingerprint density at radius 3 is 2.48 bits per heavy atom. The number of rotatable bonds is 7. The minimum atomic E-state index is -3.67. The van der Waals surface area contributed by atoms with Crippen molar-refractivity contribution in [3.05, 3.63) is 70.7 Å². The predicted molar refractivity (Wildman–Crippen MR) is 110 cm³/mol. The molecular formula is C18H14ClN3O5S2. The number of hydrogen-bond donors (Lipinski definition) is 2. The Balaban J connectivity index is 1.53. The largest absolute Gasteiger partial charge is 0.452 e. The molecule has 0 radical (unpaired) electrons. The maximum Gasteiger partial charge on any atom is 0.338 e. The van der Waals surface area contributed by atoms with Gasteiger partial charge >= 0.3 is 5.97 Å². The molecule has 150 valence electrons. The van der Waals surface area contributed by atoms with Crippen LogP contribution in [0.1, 0.15) is 10.4 Å². The molecule has 29 heavy (non-hydrogen) atoms. The zero-order valence-corrected chi connectivity index (χ0v) is 17.1. The Kier molecular flexibility index (Phi) is 6.47. The fraction of sp³-hybridized carbons (Fsp3) is 0.0556. The number of carbonyl (C=O) groups is 2. The summed E-state index contributed by atoms with van der Waals surface area (Å²) in [5.41, 5.74) is 0.461. The van der Waals surface area contributed by atoms with Crippen LogP contribution in [-0.2, 0) is 19.6 Å². The Morgan fingerprint density at radius 2 is 1.86 bits per heavy atom. The highest BCUT2D eigenvalue weighted by Gasteiger charge is 2.16. The van der Waals surface area contributed by atoms with E-state index in [0.29, 0.717) is 10.7 Å². The molecule has 1 aromatic carbocycles. The molecule has 0 fully saturated rings. The zero-order chi connectivity index (χ0) is 20.9. The van der Waals surface area contributed by atoms with Gasteiger partial charge in [-0.25, -0.2) is 18.2 Å². The van der Waals surface area contributed by atoms with E-state index in [4.69, 9.17) is 16.3 Å². The van der Waals surface area contributed by atoms with Gasteiger partial charge in [0, 0.05) is 11.9 Å². The van der Waals surface area contributed by atoms with Crippen LogP contribution in [0.2, 0.25) is 5.02 Å². The smallest absolute Gasteiger partial charge is 0.338 e. The SMILES string of the molecule is O=C(COC(=O)c1ccc(NS(=O)(=O)c2cccs2)cc1)Nc1ccc(Cl)cn1. The number of sulfonamides is 1. The number of benzene rings is 1. The van der Waals surface area contributed by atoms with Crippen LogP contribution in [0.4, 0.5) is 11.5 Å². The number of nitrogens with zero attached hydrogens (tertiary/aromatic N) is 1. The third-order valence-electron chi connectivity index (χ3n) is 3.46. The lowest BCUT2D eigenvalue weighted by atomic mass is 10.2. The van der Waals surface area contributed by atoms with Crippen molar-refractivity contribution in [2.75, 3.05) is 16.6 Å². The molecule has 0 saturated carbocycles. The van der Waals surface area contributed by atoms with Gasteiger partial charge in [-0.3, -0.25) is 9.52 Å². The molecular weight excluding hydrogens is 438 g/mol. The number of esters is 1. The number of carbonyl (C=O) groups excluding carboxylic acids is 2. The van der Waals surface area contributed by atoms with Crippen LogP contribution in [0, 0.1) is 0 Å². The van der Waals surface area contributed by atoms with Crippen LogP contribution in [0.15, 0.2) is 64.3 Å². The topological polar surface area (TPSA) is 114 Å². The summed E-state index contributed by atoms with van der Waals surface area (Å²) in [7, 11) is -3.67. The van der Waals surface area contributed by atoms with Crippen molar-refractivity contribution in [3.63, 3.8) is 0 Å². The van der Waals surface area contributed by atoms with Crippen molar-refractivity contribution in [2.24, 2.45) is 0 Å². The Bertz CT molecular complexity index is 1100. The molecule has 2 heterocycles. The summed E-state index contributed by atoms with van der Waals surface area (Å²) in [5, 5.41) is 4.55. The monoisotopic (exact) mass is 451 g/mol. The van der Waals surface area contributed by atoms with Gasteiger partial charge < -0.3 is 10.1 Å². The van der Waals surface area contributed by atoms with E-state index < -0.39 is 28.5 Å². The van der Waals surface area contributed by atoms with Gasteiger partial charge in [0.1, 0.15) is 10.0 Å². The summed E-state index contributed by atoms with van der Waals surface area (Å²) in [5.74, 6) is -1.01. The molecule has 0 aliphatic rings. The minimum Gasteiger partial charge on any atom is -0.452 e. The number of amides is 1. The first-order chi connectivity index (χ1) is 13.8. The fourth-order valence-corrected chi connectivity index (χ4v) is 4.30. The first-order valence-electron chi connectivity index (χ1n) is 8.08. The molecule has 0 bridgehead atoms. The van der Waals surface area contributed by atoms with Crippen molar-refractivity contribution >= 4 is 56.3 Å². The van der Waals surface area contributed by atoms with E-state index in [1.165, 1.54) is 42.6 Å². The van der Waals surface area contributed by atoms with Gasteiger partial charge in [0.15, 0.2) is 6.61 Å². The summed E-state index contributed by atoms with van der Waals surface area (Å²) in [6.45, 7) is -0.504. The lowest BCUT2D eigenvalue weighted by Crippen LogP contribution is -2.21. The number of nitrogens with one attached hydrogen (secondary N) is 2. The number of pyridine rings is 1. The summed E-state index contributed by atoms with van der Waals surface area (Å²) >= 11 is 6.80. The summed E-state index contributed by atoms with van der Waals surface area (Å²) < 4.78 is 31.9. The van der Waals surface area contributed by atoms with Crippen LogP contribution < -0.4 is 10.0 Å². The lowest BCUT2D eigenvalue weighted by Gasteiger charge is -2.08. The standard InChI is InChI=1S/C18H14ClN3O5S2/c19-13-5-8-15(20-10-13)21-16(23)11-27-18(24)12-3-6-14(7-4-12)22-29(25,26)17-2-1-9-28-17/h1-10,22H,11H2,(H,20,21,23). The molecule has 0 aliphatic carbocycles. The van der Waals surface area contributed by atoms with Gasteiger partial charge in [0.2, 0.25) is 0 Å². The van der Waals surface area contributed by atoms with Crippen molar-refractivity contribution in [3.8, 4) is 0 Å². The fourth-order valence-electron chi connectivity index (χ4n) is 2.14. The van der Waals surface area contributed by atoms with Gasteiger partial charge in [-0.2, -0.15) is 0 Å². The summed E-state index contributed by atoms with van der Waals surface area (Å²) in [6.07, 6.45) is 1.37. The molecule has 2 aromatic heterocycles.